The molecule has 0 heterocycles. The van der Waals surface area contributed by atoms with Crippen LogP contribution in [0.5, 0.6) is 0 Å². The zero-order chi connectivity index (χ0) is 12.2. The molecule has 1 aromatic rings. The van der Waals surface area contributed by atoms with Crippen LogP contribution in [0.25, 0.3) is 0 Å². The average Bonchev–Trinajstić information content (AvgIpc) is 2.25. The minimum Gasteiger partial charge on any atom is -0.330 e. The van der Waals surface area contributed by atoms with Crippen molar-refractivity contribution < 1.29 is 0 Å². The number of benzene rings is 1. The zero-order valence-electron chi connectivity index (χ0n) is 9.89. The summed E-state index contributed by atoms with van der Waals surface area (Å²) in [6, 6.07) is 5.78. The Morgan fingerprint density at radius 3 is 2.56 bits per heavy atom. The van der Waals surface area contributed by atoms with Crippen molar-refractivity contribution in [2.75, 3.05) is 6.54 Å². The largest absolute Gasteiger partial charge is 0.330 e. The van der Waals surface area contributed by atoms with Gasteiger partial charge in [-0.2, -0.15) is 0 Å². The molecule has 1 nitrogen and oxygen atoms in total. The average molecular weight is 260 g/mol. The maximum atomic E-state index is 6.18. The summed E-state index contributed by atoms with van der Waals surface area (Å²) in [5, 5.41) is 1.29. The minimum absolute atomic E-state index is 0.114. The highest BCUT2D eigenvalue weighted by Gasteiger charge is 2.23. The van der Waals surface area contributed by atoms with E-state index in [2.05, 4.69) is 13.8 Å². The summed E-state index contributed by atoms with van der Waals surface area (Å²) in [4.78, 5) is 0. The second kappa shape index (κ2) is 5.90. The van der Waals surface area contributed by atoms with Gasteiger partial charge in [0.15, 0.2) is 0 Å². The van der Waals surface area contributed by atoms with Crippen LogP contribution >= 0.6 is 23.2 Å². The van der Waals surface area contributed by atoms with E-state index in [0.29, 0.717) is 16.6 Å². The fraction of sp³-hybridized carbons (Fsp3) is 0.538. The standard InChI is InChI=1S/C13H19Cl2N/c1-3-7-13(2,9-16)8-10-5-4-6-11(14)12(10)15/h4-6H,3,7-9,16H2,1-2H3. The maximum absolute atomic E-state index is 6.18. The van der Waals surface area contributed by atoms with Gasteiger partial charge in [0.1, 0.15) is 0 Å². The van der Waals surface area contributed by atoms with E-state index in [0.717, 1.165) is 24.8 Å². The van der Waals surface area contributed by atoms with Crippen molar-refractivity contribution in [1.82, 2.24) is 0 Å². The van der Waals surface area contributed by atoms with Gasteiger partial charge in [0.25, 0.3) is 0 Å². The van der Waals surface area contributed by atoms with Crippen LogP contribution < -0.4 is 5.73 Å². The third-order valence-electron chi connectivity index (χ3n) is 3.00. The molecule has 0 aliphatic carbocycles. The summed E-state index contributed by atoms with van der Waals surface area (Å²) < 4.78 is 0. The lowest BCUT2D eigenvalue weighted by Gasteiger charge is -2.28. The molecule has 0 aliphatic heterocycles. The first-order valence-electron chi connectivity index (χ1n) is 5.65. The first-order valence-corrected chi connectivity index (χ1v) is 6.41. The van der Waals surface area contributed by atoms with Crippen LogP contribution in [-0.2, 0) is 6.42 Å². The van der Waals surface area contributed by atoms with Gasteiger partial charge in [-0.1, -0.05) is 55.6 Å². The van der Waals surface area contributed by atoms with Crippen molar-refractivity contribution >= 4 is 23.2 Å². The number of halogens is 2. The Morgan fingerprint density at radius 1 is 1.31 bits per heavy atom. The second-order valence-electron chi connectivity index (χ2n) is 4.65. The number of rotatable bonds is 5. The predicted octanol–water partition coefficient (Wildman–Crippen LogP) is 4.30. The molecule has 0 amide bonds. The molecule has 0 saturated heterocycles. The molecule has 3 heteroatoms. The highest BCUT2D eigenvalue weighted by atomic mass is 35.5. The quantitative estimate of drug-likeness (QED) is 0.839. The molecule has 0 saturated carbocycles. The van der Waals surface area contributed by atoms with E-state index in [9.17, 15) is 0 Å². The van der Waals surface area contributed by atoms with Crippen LogP contribution in [-0.4, -0.2) is 6.54 Å². The van der Waals surface area contributed by atoms with E-state index < -0.39 is 0 Å². The lowest BCUT2D eigenvalue weighted by molar-refractivity contribution is 0.302. The number of hydrogen-bond acceptors (Lipinski definition) is 1. The molecule has 2 N–H and O–H groups in total. The summed E-state index contributed by atoms with van der Waals surface area (Å²) >= 11 is 12.2. The van der Waals surface area contributed by atoms with Gasteiger partial charge in [0.05, 0.1) is 10.0 Å². The van der Waals surface area contributed by atoms with Crippen LogP contribution in [0.4, 0.5) is 0 Å². The van der Waals surface area contributed by atoms with Gasteiger partial charge in [-0.05, 0) is 36.4 Å². The minimum atomic E-state index is 0.114. The van der Waals surface area contributed by atoms with Crippen LogP contribution in [0.2, 0.25) is 10.0 Å². The lowest BCUT2D eigenvalue weighted by atomic mass is 9.80. The van der Waals surface area contributed by atoms with Gasteiger partial charge in [0, 0.05) is 0 Å². The Morgan fingerprint density at radius 2 is 2.00 bits per heavy atom. The highest BCUT2D eigenvalue weighted by molar-refractivity contribution is 6.42. The van der Waals surface area contributed by atoms with Crippen molar-refractivity contribution in [3.05, 3.63) is 33.8 Å². The number of hydrogen-bond donors (Lipinski definition) is 1. The molecule has 1 rings (SSSR count). The Hall–Kier alpha value is -0.240. The molecular weight excluding hydrogens is 241 g/mol. The predicted molar refractivity (Wildman–Crippen MR) is 72.2 cm³/mol. The Kier molecular flexibility index (Phi) is 5.10. The van der Waals surface area contributed by atoms with E-state index in [-0.39, 0.29) is 5.41 Å². The van der Waals surface area contributed by atoms with E-state index in [4.69, 9.17) is 28.9 Å². The molecule has 1 atom stereocenters. The Balaban J connectivity index is 2.90. The van der Waals surface area contributed by atoms with Crippen molar-refractivity contribution in [1.29, 1.82) is 0 Å². The van der Waals surface area contributed by atoms with Gasteiger partial charge in [-0.15, -0.1) is 0 Å². The summed E-state index contributed by atoms with van der Waals surface area (Å²) in [5.41, 5.74) is 7.06. The number of nitrogens with two attached hydrogens (primary N) is 1. The molecule has 0 aromatic heterocycles. The van der Waals surface area contributed by atoms with E-state index in [1.54, 1.807) is 0 Å². The zero-order valence-corrected chi connectivity index (χ0v) is 11.4. The fourth-order valence-electron chi connectivity index (χ4n) is 2.01. The first-order chi connectivity index (χ1) is 7.52. The van der Waals surface area contributed by atoms with Gasteiger partial charge >= 0.3 is 0 Å². The smallest absolute Gasteiger partial charge is 0.0624 e. The third kappa shape index (κ3) is 3.38. The summed E-state index contributed by atoms with van der Waals surface area (Å²) in [7, 11) is 0. The van der Waals surface area contributed by atoms with E-state index in [1.807, 2.05) is 18.2 Å². The highest BCUT2D eigenvalue weighted by Crippen LogP contribution is 2.33. The molecule has 1 aromatic carbocycles. The lowest BCUT2D eigenvalue weighted by Crippen LogP contribution is -2.29. The van der Waals surface area contributed by atoms with Gasteiger partial charge < -0.3 is 5.73 Å². The van der Waals surface area contributed by atoms with Crippen LogP contribution in [0.15, 0.2) is 18.2 Å². The molecule has 1 unspecified atom stereocenters. The molecular formula is C13H19Cl2N. The summed E-state index contributed by atoms with van der Waals surface area (Å²) in [6.45, 7) is 5.05. The van der Waals surface area contributed by atoms with Crippen LogP contribution in [0, 0.1) is 5.41 Å². The van der Waals surface area contributed by atoms with Crippen molar-refractivity contribution in [3.63, 3.8) is 0 Å². The van der Waals surface area contributed by atoms with Gasteiger partial charge in [0.2, 0.25) is 0 Å². The third-order valence-corrected chi connectivity index (χ3v) is 3.85. The first kappa shape index (κ1) is 13.8. The Labute approximate surface area is 108 Å². The van der Waals surface area contributed by atoms with E-state index in [1.165, 1.54) is 0 Å². The molecule has 0 spiro atoms. The Bertz CT molecular complexity index is 352. The molecule has 90 valence electrons. The van der Waals surface area contributed by atoms with Crippen molar-refractivity contribution in [3.8, 4) is 0 Å². The molecule has 16 heavy (non-hydrogen) atoms. The maximum Gasteiger partial charge on any atom is 0.0624 e. The van der Waals surface area contributed by atoms with Crippen LogP contribution in [0.3, 0.4) is 0 Å². The molecule has 0 bridgehead atoms. The normalized spacial score (nSPS) is 14.8. The fourth-order valence-corrected chi connectivity index (χ4v) is 2.40. The molecule has 0 fully saturated rings. The van der Waals surface area contributed by atoms with Crippen LogP contribution in [0.1, 0.15) is 32.3 Å². The summed E-state index contributed by atoms with van der Waals surface area (Å²) in [6.07, 6.45) is 3.12. The topological polar surface area (TPSA) is 26.0 Å². The second-order valence-corrected chi connectivity index (χ2v) is 5.44. The monoisotopic (exact) mass is 259 g/mol. The van der Waals surface area contributed by atoms with Gasteiger partial charge in [-0.25, -0.2) is 0 Å². The van der Waals surface area contributed by atoms with E-state index >= 15 is 0 Å². The molecule has 0 radical (unpaired) electrons. The summed E-state index contributed by atoms with van der Waals surface area (Å²) in [5.74, 6) is 0. The van der Waals surface area contributed by atoms with Crippen molar-refractivity contribution in [2.45, 2.75) is 33.1 Å². The molecule has 0 aliphatic rings. The SMILES string of the molecule is CCCC(C)(CN)Cc1cccc(Cl)c1Cl. The van der Waals surface area contributed by atoms with Gasteiger partial charge in [-0.3, -0.25) is 0 Å². The van der Waals surface area contributed by atoms with Crippen molar-refractivity contribution in [2.24, 2.45) is 11.1 Å².